The molecule has 1 atom stereocenters. The van der Waals surface area contributed by atoms with E-state index >= 15 is 0 Å². The summed E-state index contributed by atoms with van der Waals surface area (Å²) >= 11 is 0. The minimum Gasteiger partial charge on any atom is -0.388 e. The highest BCUT2D eigenvalue weighted by Crippen LogP contribution is 2.25. The topological polar surface area (TPSA) is 59.9 Å². The minimum absolute atomic E-state index is 0. The van der Waals surface area contributed by atoms with Gasteiger partial charge in [-0.05, 0) is 38.3 Å². The van der Waals surface area contributed by atoms with Crippen molar-refractivity contribution in [3.05, 3.63) is 35.9 Å². The maximum atomic E-state index is 10.2. The summed E-state index contributed by atoms with van der Waals surface area (Å²) in [7, 11) is 0. The van der Waals surface area contributed by atoms with Crippen LogP contribution in [0.3, 0.4) is 0 Å². The van der Waals surface area contributed by atoms with Crippen LogP contribution in [-0.4, -0.2) is 54.7 Å². The zero-order valence-corrected chi connectivity index (χ0v) is 17.8. The quantitative estimate of drug-likeness (QED) is 0.286. The first-order chi connectivity index (χ1) is 11.7. The number of halogens is 1. The van der Waals surface area contributed by atoms with Crippen molar-refractivity contribution in [2.24, 2.45) is 4.99 Å². The van der Waals surface area contributed by atoms with Crippen molar-refractivity contribution in [1.29, 1.82) is 0 Å². The molecule has 2 rings (SSSR count). The lowest BCUT2D eigenvalue weighted by molar-refractivity contribution is 0.170. The molecule has 0 bridgehead atoms. The van der Waals surface area contributed by atoms with Crippen LogP contribution in [0.5, 0.6) is 0 Å². The number of nitrogens with zero attached hydrogens (tertiary/aromatic N) is 2. The molecule has 1 aliphatic rings. The molecule has 25 heavy (non-hydrogen) atoms. The Hall–Kier alpha value is -0.860. The Morgan fingerprint density at radius 2 is 1.96 bits per heavy atom. The monoisotopic (exact) mass is 460 g/mol. The zero-order valence-electron chi connectivity index (χ0n) is 15.4. The van der Waals surface area contributed by atoms with Crippen LogP contribution in [0.15, 0.2) is 35.3 Å². The lowest BCUT2D eigenvalue weighted by atomic mass is 10.1. The smallest absolute Gasteiger partial charge is 0.191 e. The maximum absolute atomic E-state index is 10.2. The van der Waals surface area contributed by atoms with Gasteiger partial charge in [-0.2, -0.15) is 0 Å². The molecule has 0 aliphatic heterocycles. The van der Waals surface area contributed by atoms with E-state index in [-0.39, 0.29) is 24.0 Å². The molecule has 1 aromatic rings. The van der Waals surface area contributed by atoms with Gasteiger partial charge in [-0.15, -0.1) is 24.0 Å². The van der Waals surface area contributed by atoms with Crippen LogP contribution in [-0.2, 0) is 0 Å². The molecule has 0 spiro atoms. The largest absolute Gasteiger partial charge is 0.388 e. The molecule has 1 aliphatic carbocycles. The van der Waals surface area contributed by atoms with Gasteiger partial charge in [0.15, 0.2) is 5.96 Å². The normalized spacial score (nSPS) is 15.6. The van der Waals surface area contributed by atoms with Gasteiger partial charge in [-0.1, -0.05) is 37.3 Å². The second kappa shape index (κ2) is 12.5. The number of aliphatic hydroxyl groups is 1. The summed E-state index contributed by atoms with van der Waals surface area (Å²) in [5, 5.41) is 16.9. The molecule has 0 heterocycles. The fourth-order valence-corrected chi connectivity index (χ4v) is 2.84. The highest BCUT2D eigenvalue weighted by molar-refractivity contribution is 14.0. The van der Waals surface area contributed by atoms with Crippen LogP contribution in [0.2, 0.25) is 0 Å². The van der Waals surface area contributed by atoms with Crippen molar-refractivity contribution in [2.45, 2.75) is 45.3 Å². The number of guanidine groups is 1. The van der Waals surface area contributed by atoms with E-state index in [1.165, 1.54) is 12.8 Å². The SMILES string of the molecule is CCNC(=NCCC(O)c1ccccc1)NCCN(CC)C1CC1.I. The third-order valence-electron chi connectivity index (χ3n) is 4.36. The summed E-state index contributed by atoms with van der Waals surface area (Å²) in [6.07, 6.45) is 2.87. The van der Waals surface area contributed by atoms with E-state index in [2.05, 4.69) is 34.4 Å². The average Bonchev–Trinajstić information content (AvgIpc) is 3.44. The van der Waals surface area contributed by atoms with Crippen LogP contribution in [0, 0.1) is 0 Å². The maximum Gasteiger partial charge on any atom is 0.191 e. The number of rotatable bonds is 10. The van der Waals surface area contributed by atoms with Gasteiger partial charge in [-0.25, -0.2) is 0 Å². The van der Waals surface area contributed by atoms with Gasteiger partial charge < -0.3 is 15.7 Å². The van der Waals surface area contributed by atoms with Crippen LogP contribution < -0.4 is 10.6 Å². The molecular weight excluding hydrogens is 427 g/mol. The highest BCUT2D eigenvalue weighted by atomic mass is 127. The Labute approximate surface area is 169 Å². The van der Waals surface area contributed by atoms with E-state index in [1.54, 1.807) is 0 Å². The number of hydrogen-bond donors (Lipinski definition) is 3. The van der Waals surface area contributed by atoms with Crippen LogP contribution in [0.1, 0.15) is 44.8 Å². The van der Waals surface area contributed by atoms with Gasteiger partial charge in [-0.3, -0.25) is 9.89 Å². The zero-order chi connectivity index (χ0) is 17.2. The molecule has 0 radical (unpaired) electrons. The first kappa shape index (κ1) is 22.2. The van der Waals surface area contributed by atoms with Crippen LogP contribution >= 0.6 is 24.0 Å². The molecule has 1 fully saturated rings. The Bertz CT molecular complexity index is 493. The summed E-state index contributed by atoms with van der Waals surface area (Å²) in [5.41, 5.74) is 0.952. The van der Waals surface area contributed by atoms with E-state index in [4.69, 9.17) is 0 Å². The van der Waals surface area contributed by atoms with Crippen molar-refractivity contribution in [3.8, 4) is 0 Å². The predicted octanol–water partition coefficient (Wildman–Crippen LogP) is 2.77. The summed E-state index contributed by atoms with van der Waals surface area (Å²) in [6.45, 7) is 8.80. The molecule has 5 nitrogen and oxygen atoms in total. The van der Waals surface area contributed by atoms with Crippen molar-refractivity contribution in [2.75, 3.05) is 32.7 Å². The standard InChI is InChI=1S/C19H32N4O.HI/c1-3-20-19(22-14-15-23(4-2)17-10-11-17)21-13-12-18(24)16-8-6-5-7-9-16;/h5-9,17-18,24H,3-4,10-15H2,1-2H3,(H2,20,21,22);1H. The van der Waals surface area contributed by atoms with Gasteiger partial charge in [0.1, 0.15) is 0 Å². The van der Waals surface area contributed by atoms with E-state index < -0.39 is 6.10 Å². The van der Waals surface area contributed by atoms with Gasteiger partial charge in [0.2, 0.25) is 0 Å². The Balaban J connectivity index is 0.00000312. The fourth-order valence-electron chi connectivity index (χ4n) is 2.84. The van der Waals surface area contributed by atoms with E-state index in [9.17, 15) is 5.11 Å². The molecule has 1 saturated carbocycles. The summed E-state index contributed by atoms with van der Waals surface area (Å²) in [5.74, 6) is 0.838. The highest BCUT2D eigenvalue weighted by Gasteiger charge is 2.27. The molecule has 0 aromatic heterocycles. The lowest BCUT2D eigenvalue weighted by Crippen LogP contribution is -2.42. The van der Waals surface area contributed by atoms with Gasteiger partial charge >= 0.3 is 0 Å². The number of aliphatic imine (C=N–C) groups is 1. The number of hydrogen-bond acceptors (Lipinski definition) is 3. The molecular formula is C19H33IN4O. The molecule has 1 aromatic carbocycles. The minimum atomic E-state index is -0.455. The molecule has 142 valence electrons. The van der Waals surface area contributed by atoms with Gasteiger partial charge in [0.25, 0.3) is 0 Å². The first-order valence-electron chi connectivity index (χ1n) is 9.23. The summed E-state index contributed by atoms with van der Waals surface area (Å²) < 4.78 is 0. The molecule has 0 saturated heterocycles. The number of benzene rings is 1. The van der Waals surface area contributed by atoms with Crippen molar-refractivity contribution < 1.29 is 5.11 Å². The summed E-state index contributed by atoms with van der Waals surface area (Å²) in [4.78, 5) is 7.10. The molecule has 3 N–H and O–H groups in total. The fraction of sp³-hybridized carbons (Fsp3) is 0.632. The van der Waals surface area contributed by atoms with E-state index in [1.807, 2.05) is 30.3 Å². The second-order valence-electron chi connectivity index (χ2n) is 6.26. The lowest BCUT2D eigenvalue weighted by Gasteiger charge is -2.20. The number of likely N-dealkylation sites (N-methyl/N-ethyl adjacent to an activating group) is 1. The summed E-state index contributed by atoms with van der Waals surface area (Å²) in [6, 6.07) is 10.6. The van der Waals surface area contributed by atoms with Crippen LogP contribution in [0.4, 0.5) is 0 Å². The number of nitrogens with one attached hydrogen (secondary N) is 2. The second-order valence-corrected chi connectivity index (χ2v) is 6.26. The molecule has 6 heteroatoms. The molecule has 1 unspecified atom stereocenters. The Kier molecular flexibility index (Phi) is 11.1. The van der Waals surface area contributed by atoms with Gasteiger partial charge in [0, 0.05) is 32.2 Å². The Morgan fingerprint density at radius 3 is 2.56 bits per heavy atom. The third-order valence-corrected chi connectivity index (χ3v) is 4.36. The first-order valence-corrected chi connectivity index (χ1v) is 9.23. The van der Waals surface area contributed by atoms with E-state index in [0.717, 1.165) is 43.7 Å². The predicted molar refractivity (Wildman–Crippen MR) is 116 cm³/mol. The van der Waals surface area contributed by atoms with Crippen LogP contribution in [0.25, 0.3) is 0 Å². The van der Waals surface area contributed by atoms with Crippen molar-refractivity contribution >= 4 is 29.9 Å². The number of aliphatic hydroxyl groups excluding tert-OH is 1. The van der Waals surface area contributed by atoms with Gasteiger partial charge in [0.05, 0.1) is 6.10 Å². The molecule has 0 amide bonds. The van der Waals surface area contributed by atoms with E-state index in [0.29, 0.717) is 13.0 Å². The van der Waals surface area contributed by atoms with Crippen molar-refractivity contribution in [3.63, 3.8) is 0 Å². The Morgan fingerprint density at radius 1 is 1.24 bits per heavy atom. The third kappa shape index (κ3) is 8.37. The average molecular weight is 460 g/mol. The van der Waals surface area contributed by atoms with Crippen molar-refractivity contribution in [1.82, 2.24) is 15.5 Å².